The lowest BCUT2D eigenvalue weighted by atomic mass is 9.92. The lowest BCUT2D eigenvalue weighted by Crippen LogP contribution is -2.57. The van der Waals surface area contributed by atoms with E-state index in [9.17, 15) is 13.2 Å². The van der Waals surface area contributed by atoms with Gasteiger partial charge in [0.05, 0.1) is 12.8 Å². The third-order valence-corrected chi connectivity index (χ3v) is 6.54. The van der Waals surface area contributed by atoms with Gasteiger partial charge in [0.15, 0.2) is 5.96 Å². The minimum absolute atomic E-state index is 0. The van der Waals surface area contributed by atoms with Gasteiger partial charge in [-0.1, -0.05) is 13.8 Å². The van der Waals surface area contributed by atoms with Crippen LogP contribution < -0.4 is 10.0 Å². The SMILES string of the molecule is CN=C(NCC(C)(C)NS(C)(=O)=O)N1CCN(CC(=O)N2CC(C)CC(C)C2)CC1.I. The van der Waals surface area contributed by atoms with Crippen LogP contribution in [0.2, 0.25) is 0 Å². The van der Waals surface area contributed by atoms with Gasteiger partial charge in [0, 0.05) is 58.4 Å². The molecule has 2 atom stereocenters. The number of piperazine rings is 1. The number of carbonyl (C=O) groups is 1. The second-order valence-corrected chi connectivity index (χ2v) is 11.4. The molecule has 2 fully saturated rings. The third kappa shape index (κ3) is 9.79. The van der Waals surface area contributed by atoms with Gasteiger partial charge in [-0.25, -0.2) is 13.1 Å². The fourth-order valence-electron chi connectivity index (χ4n) is 4.45. The molecule has 31 heavy (non-hydrogen) atoms. The topological polar surface area (TPSA) is 97.3 Å². The molecule has 182 valence electrons. The summed E-state index contributed by atoms with van der Waals surface area (Å²) in [6, 6.07) is 0. The van der Waals surface area contributed by atoms with Gasteiger partial charge in [-0.05, 0) is 32.1 Å². The Labute approximate surface area is 205 Å². The number of aliphatic imine (C=N–C) groups is 1. The molecule has 2 saturated heterocycles. The molecule has 2 aliphatic heterocycles. The average Bonchev–Trinajstić information content (AvgIpc) is 2.60. The van der Waals surface area contributed by atoms with Crippen LogP contribution >= 0.6 is 24.0 Å². The summed E-state index contributed by atoms with van der Waals surface area (Å²) in [5, 5.41) is 3.27. The zero-order valence-electron chi connectivity index (χ0n) is 19.8. The number of halogens is 1. The molecule has 0 saturated carbocycles. The van der Waals surface area contributed by atoms with Crippen molar-refractivity contribution in [3.63, 3.8) is 0 Å². The highest BCUT2D eigenvalue weighted by Crippen LogP contribution is 2.21. The van der Waals surface area contributed by atoms with Gasteiger partial charge in [-0.2, -0.15) is 0 Å². The molecule has 0 aromatic rings. The minimum atomic E-state index is -3.28. The summed E-state index contributed by atoms with van der Waals surface area (Å²) < 4.78 is 25.7. The van der Waals surface area contributed by atoms with Crippen molar-refractivity contribution in [3.05, 3.63) is 0 Å². The van der Waals surface area contributed by atoms with E-state index in [4.69, 9.17) is 0 Å². The van der Waals surface area contributed by atoms with Gasteiger partial charge >= 0.3 is 0 Å². The molecule has 0 aromatic carbocycles. The van der Waals surface area contributed by atoms with Gasteiger partial charge < -0.3 is 15.1 Å². The number of nitrogens with zero attached hydrogens (tertiary/aromatic N) is 4. The van der Waals surface area contributed by atoms with Gasteiger partial charge in [0.2, 0.25) is 15.9 Å². The molecular weight excluding hydrogens is 531 g/mol. The first-order chi connectivity index (χ1) is 13.9. The fraction of sp³-hybridized carbons (Fsp3) is 0.900. The number of hydrogen-bond donors (Lipinski definition) is 2. The van der Waals surface area contributed by atoms with E-state index >= 15 is 0 Å². The van der Waals surface area contributed by atoms with E-state index in [1.807, 2.05) is 18.7 Å². The summed E-state index contributed by atoms with van der Waals surface area (Å²) in [4.78, 5) is 23.5. The van der Waals surface area contributed by atoms with Crippen LogP contribution in [-0.2, 0) is 14.8 Å². The number of carbonyl (C=O) groups excluding carboxylic acids is 1. The fourth-order valence-corrected chi connectivity index (χ4v) is 5.52. The van der Waals surface area contributed by atoms with Gasteiger partial charge in [0.25, 0.3) is 0 Å². The third-order valence-electron chi connectivity index (χ3n) is 5.61. The number of likely N-dealkylation sites (tertiary alicyclic amines) is 1. The van der Waals surface area contributed by atoms with Crippen LogP contribution in [0.15, 0.2) is 4.99 Å². The highest BCUT2D eigenvalue weighted by atomic mass is 127. The van der Waals surface area contributed by atoms with Gasteiger partial charge in [0.1, 0.15) is 0 Å². The van der Waals surface area contributed by atoms with Crippen molar-refractivity contribution >= 4 is 45.9 Å². The largest absolute Gasteiger partial charge is 0.354 e. The van der Waals surface area contributed by atoms with Crippen molar-refractivity contribution in [2.75, 3.05) is 65.7 Å². The summed E-state index contributed by atoms with van der Waals surface area (Å²) in [7, 11) is -1.55. The second kappa shape index (κ2) is 12.0. The van der Waals surface area contributed by atoms with E-state index in [0.29, 0.717) is 24.9 Å². The number of nitrogens with one attached hydrogen (secondary N) is 2. The van der Waals surface area contributed by atoms with Gasteiger partial charge in [-0.15, -0.1) is 24.0 Å². The Morgan fingerprint density at radius 1 is 1.06 bits per heavy atom. The first kappa shape index (κ1) is 28.4. The lowest BCUT2D eigenvalue weighted by molar-refractivity contribution is -0.135. The summed E-state index contributed by atoms with van der Waals surface area (Å²) in [5.41, 5.74) is -0.625. The molecule has 2 rings (SSSR count). The number of guanidine groups is 1. The molecule has 0 aliphatic carbocycles. The predicted molar refractivity (Wildman–Crippen MR) is 136 cm³/mol. The van der Waals surface area contributed by atoms with Crippen LogP contribution in [0.1, 0.15) is 34.1 Å². The number of sulfonamides is 1. The molecule has 2 N–H and O–H groups in total. The van der Waals surface area contributed by atoms with Crippen molar-refractivity contribution in [1.82, 2.24) is 24.7 Å². The molecule has 2 unspecified atom stereocenters. The lowest BCUT2D eigenvalue weighted by Gasteiger charge is -2.39. The van der Waals surface area contributed by atoms with Crippen LogP contribution in [0.3, 0.4) is 0 Å². The normalized spacial score (nSPS) is 24.0. The predicted octanol–water partition coefficient (Wildman–Crippen LogP) is 0.630. The molecule has 1 amide bonds. The summed E-state index contributed by atoms with van der Waals surface area (Å²) >= 11 is 0. The zero-order valence-corrected chi connectivity index (χ0v) is 23.0. The molecule has 0 radical (unpaired) electrons. The maximum absolute atomic E-state index is 12.7. The smallest absolute Gasteiger partial charge is 0.236 e. The van der Waals surface area contributed by atoms with Crippen LogP contribution in [0.5, 0.6) is 0 Å². The maximum atomic E-state index is 12.7. The molecule has 2 aliphatic rings. The Morgan fingerprint density at radius 2 is 1.61 bits per heavy atom. The molecule has 11 heteroatoms. The first-order valence-electron chi connectivity index (χ1n) is 10.8. The van der Waals surface area contributed by atoms with Crippen LogP contribution in [0.4, 0.5) is 0 Å². The highest BCUT2D eigenvalue weighted by Gasteiger charge is 2.28. The number of amides is 1. The van der Waals surface area contributed by atoms with E-state index in [2.05, 4.69) is 38.7 Å². The number of rotatable bonds is 6. The maximum Gasteiger partial charge on any atom is 0.236 e. The van der Waals surface area contributed by atoms with E-state index in [-0.39, 0.29) is 29.9 Å². The summed E-state index contributed by atoms with van der Waals surface area (Å²) in [6.07, 6.45) is 2.36. The summed E-state index contributed by atoms with van der Waals surface area (Å²) in [5.74, 6) is 2.14. The van der Waals surface area contributed by atoms with Crippen molar-refractivity contribution in [2.45, 2.75) is 39.7 Å². The molecule has 0 aromatic heterocycles. The zero-order chi connectivity index (χ0) is 22.5. The Morgan fingerprint density at radius 3 is 2.10 bits per heavy atom. The standard InChI is InChI=1S/C20H40N6O3S.HI/c1-16-11-17(2)13-26(12-16)18(27)14-24-7-9-25(10-8-24)19(21-5)22-15-20(3,4)23-30(6,28)29;/h16-17,23H,7-15H2,1-6H3,(H,21,22);1H. The number of piperidine rings is 1. The Hall–Kier alpha value is -0.660. The monoisotopic (exact) mass is 572 g/mol. The quantitative estimate of drug-likeness (QED) is 0.276. The van der Waals surface area contributed by atoms with Crippen LogP contribution in [0.25, 0.3) is 0 Å². The van der Waals surface area contributed by atoms with Crippen LogP contribution in [0, 0.1) is 11.8 Å². The van der Waals surface area contributed by atoms with E-state index < -0.39 is 15.6 Å². The molecule has 9 nitrogen and oxygen atoms in total. The Bertz CT molecular complexity index is 712. The van der Waals surface area contributed by atoms with Crippen LogP contribution in [-0.4, -0.2) is 106 Å². The van der Waals surface area contributed by atoms with Gasteiger partial charge in [-0.3, -0.25) is 14.7 Å². The number of hydrogen-bond acceptors (Lipinski definition) is 5. The minimum Gasteiger partial charge on any atom is -0.354 e. The average molecular weight is 573 g/mol. The van der Waals surface area contributed by atoms with Crippen molar-refractivity contribution in [3.8, 4) is 0 Å². The molecule has 0 spiro atoms. The molecular formula is C20H41IN6O3S. The highest BCUT2D eigenvalue weighted by molar-refractivity contribution is 14.0. The van der Waals surface area contributed by atoms with E-state index in [1.54, 1.807) is 7.05 Å². The van der Waals surface area contributed by atoms with E-state index in [1.165, 1.54) is 6.42 Å². The first-order valence-corrected chi connectivity index (χ1v) is 12.7. The van der Waals surface area contributed by atoms with Crippen molar-refractivity contribution in [2.24, 2.45) is 16.8 Å². The summed E-state index contributed by atoms with van der Waals surface area (Å²) in [6.45, 7) is 13.9. The molecule has 0 bridgehead atoms. The molecule has 2 heterocycles. The second-order valence-electron chi connectivity index (χ2n) is 9.67. The van der Waals surface area contributed by atoms with Crippen molar-refractivity contribution < 1.29 is 13.2 Å². The van der Waals surface area contributed by atoms with Crippen molar-refractivity contribution in [1.29, 1.82) is 0 Å². The van der Waals surface area contributed by atoms with E-state index in [0.717, 1.165) is 51.5 Å². The Balaban J connectivity index is 0.00000480. The Kier molecular flexibility index (Phi) is 11.0.